The molecule has 2 unspecified atom stereocenters. The summed E-state index contributed by atoms with van der Waals surface area (Å²) in [5.41, 5.74) is -0.744. The fourth-order valence-electron chi connectivity index (χ4n) is 3.08. The molecule has 1 aliphatic heterocycles. The Kier molecular flexibility index (Phi) is 4.46. The minimum absolute atomic E-state index is 0.307. The second-order valence-corrected chi connectivity index (χ2v) is 9.26. The number of ether oxygens (including phenoxy) is 1. The van der Waals surface area contributed by atoms with Crippen molar-refractivity contribution in [2.24, 2.45) is 11.3 Å². The highest BCUT2D eigenvalue weighted by Crippen LogP contribution is 2.47. The molecule has 1 saturated heterocycles. The molecule has 112 valence electrons. The average Bonchev–Trinajstić information content (AvgIpc) is 2.71. The van der Waals surface area contributed by atoms with Crippen LogP contribution in [0.15, 0.2) is 12.2 Å². The summed E-state index contributed by atoms with van der Waals surface area (Å²) < 4.78 is 15.8. The number of esters is 2. The Bertz CT molecular complexity index is 429. The second kappa shape index (κ2) is 5.79. The van der Waals surface area contributed by atoms with Crippen molar-refractivity contribution in [3.05, 3.63) is 12.2 Å². The van der Waals surface area contributed by atoms with Gasteiger partial charge in [0.25, 0.3) is 0 Å². The van der Waals surface area contributed by atoms with E-state index in [1.807, 2.05) is 18.7 Å². The molecule has 1 fully saturated rings. The van der Waals surface area contributed by atoms with Crippen LogP contribution in [0.3, 0.4) is 0 Å². The molecule has 0 spiro atoms. The number of rotatable bonds is 6. The third-order valence-corrected chi connectivity index (χ3v) is 7.59. The van der Waals surface area contributed by atoms with Gasteiger partial charge in [0.15, 0.2) is 0 Å². The van der Waals surface area contributed by atoms with Crippen molar-refractivity contribution in [3.63, 3.8) is 0 Å². The van der Waals surface area contributed by atoms with Crippen LogP contribution in [-0.4, -0.2) is 34.7 Å². The number of cyclic esters (lactones) is 2. The third-order valence-electron chi connectivity index (χ3n) is 4.60. The molecule has 20 heavy (non-hydrogen) atoms. The standard InChI is InChI=1S/C14H22O5Si/c1-17-20(3,18-2)10-6-9-14-8-5-4-7-11(14)12(15)19-13(14)16/h5,8,11H,4,6-7,9-10H2,1-3H3. The van der Waals surface area contributed by atoms with Crippen molar-refractivity contribution < 1.29 is 23.2 Å². The van der Waals surface area contributed by atoms with Crippen LogP contribution in [0.4, 0.5) is 0 Å². The SMILES string of the molecule is CO[Si](C)(CCCC12C=CCCC1C(=O)OC2=O)OC. The van der Waals surface area contributed by atoms with Gasteiger partial charge < -0.3 is 13.6 Å². The Hall–Kier alpha value is -0.983. The van der Waals surface area contributed by atoms with Crippen LogP contribution < -0.4 is 0 Å². The van der Waals surface area contributed by atoms with E-state index in [-0.39, 0.29) is 17.9 Å². The summed E-state index contributed by atoms with van der Waals surface area (Å²) in [5, 5.41) is 0. The van der Waals surface area contributed by atoms with E-state index >= 15 is 0 Å². The highest BCUT2D eigenvalue weighted by atomic mass is 28.4. The molecule has 0 aromatic carbocycles. The Labute approximate surface area is 120 Å². The summed E-state index contributed by atoms with van der Waals surface area (Å²) in [4.78, 5) is 23.9. The smallest absolute Gasteiger partial charge is 0.334 e. The minimum atomic E-state index is -2.13. The Morgan fingerprint density at radius 2 is 2.10 bits per heavy atom. The van der Waals surface area contributed by atoms with Crippen LogP contribution in [0, 0.1) is 11.3 Å². The Balaban J connectivity index is 2.06. The molecule has 0 aromatic heterocycles. The van der Waals surface area contributed by atoms with Crippen LogP contribution >= 0.6 is 0 Å². The molecule has 0 saturated carbocycles. The van der Waals surface area contributed by atoms with Crippen molar-refractivity contribution in [1.29, 1.82) is 0 Å². The number of hydrogen-bond acceptors (Lipinski definition) is 5. The van der Waals surface area contributed by atoms with Gasteiger partial charge in [0.1, 0.15) is 0 Å². The lowest BCUT2D eigenvalue weighted by Crippen LogP contribution is -2.38. The minimum Gasteiger partial charge on any atom is -0.398 e. The Morgan fingerprint density at radius 1 is 1.40 bits per heavy atom. The van der Waals surface area contributed by atoms with Gasteiger partial charge in [0.2, 0.25) is 0 Å². The fraction of sp³-hybridized carbons (Fsp3) is 0.714. The van der Waals surface area contributed by atoms with Gasteiger partial charge in [-0.05, 0) is 38.3 Å². The van der Waals surface area contributed by atoms with Gasteiger partial charge in [-0.15, -0.1) is 0 Å². The zero-order valence-corrected chi connectivity index (χ0v) is 13.3. The van der Waals surface area contributed by atoms with Crippen LogP contribution in [0.25, 0.3) is 0 Å². The molecule has 6 heteroatoms. The predicted octanol–water partition coefficient (Wildman–Crippen LogP) is 2.17. The molecule has 2 atom stereocenters. The summed E-state index contributed by atoms with van der Waals surface area (Å²) in [5.74, 6) is -1.06. The lowest BCUT2D eigenvalue weighted by atomic mass is 9.69. The lowest BCUT2D eigenvalue weighted by Gasteiger charge is -2.30. The topological polar surface area (TPSA) is 61.8 Å². The van der Waals surface area contributed by atoms with E-state index < -0.39 is 14.0 Å². The monoisotopic (exact) mass is 298 g/mol. The van der Waals surface area contributed by atoms with Gasteiger partial charge in [-0.1, -0.05) is 12.2 Å². The summed E-state index contributed by atoms with van der Waals surface area (Å²) in [7, 11) is 1.19. The lowest BCUT2D eigenvalue weighted by molar-refractivity contribution is -0.154. The van der Waals surface area contributed by atoms with Gasteiger partial charge in [0, 0.05) is 14.2 Å². The van der Waals surface area contributed by atoms with Crippen molar-refractivity contribution in [2.45, 2.75) is 38.3 Å². The van der Waals surface area contributed by atoms with E-state index in [1.54, 1.807) is 14.2 Å². The van der Waals surface area contributed by atoms with Crippen molar-refractivity contribution in [1.82, 2.24) is 0 Å². The maximum absolute atomic E-state index is 12.1. The first-order chi connectivity index (χ1) is 9.47. The molecule has 0 bridgehead atoms. The van der Waals surface area contributed by atoms with E-state index in [1.165, 1.54) is 0 Å². The molecular formula is C14H22O5Si. The van der Waals surface area contributed by atoms with Crippen LogP contribution in [0.2, 0.25) is 12.6 Å². The van der Waals surface area contributed by atoms with Crippen molar-refractivity contribution >= 4 is 20.5 Å². The first-order valence-corrected chi connectivity index (χ1v) is 9.54. The maximum Gasteiger partial charge on any atom is 0.334 e. The molecule has 0 radical (unpaired) electrons. The van der Waals surface area contributed by atoms with E-state index in [0.717, 1.165) is 18.9 Å². The quantitative estimate of drug-likeness (QED) is 0.325. The number of carbonyl (C=O) groups excluding carboxylic acids is 2. The van der Waals surface area contributed by atoms with E-state index in [9.17, 15) is 9.59 Å². The van der Waals surface area contributed by atoms with E-state index in [4.69, 9.17) is 13.6 Å². The molecule has 1 heterocycles. The molecule has 5 nitrogen and oxygen atoms in total. The molecular weight excluding hydrogens is 276 g/mol. The number of carbonyl (C=O) groups is 2. The van der Waals surface area contributed by atoms with Gasteiger partial charge in [-0.3, -0.25) is 9.59 Å². The predicted molar refractivity (Wildman–Crippen MR) is 75.1 cm³/mol. The van der Waals surface area contributed by atoms with Crippen LogP contribution in [0.5, 0.6) is 0 Å². The van der Waals surface area contributed by atoms with Crippen LogP contribution in [-0.2, 0) is 23.2 Å². The fourth-order valence-corrected chi connectivity index (χ4v) is 4.47. The molecule has 2 rings (SSSR count). The van der Waals surface area contributed by atoms with E-state index in [2.05, 4.69) is 0 Å². The van der Waals surface area contributed by atoms with Gasteiger partial charge in [0.05, 0.1) is 11.3 Å². The molecule has 0 amide bonds. The average molecular weight is 298 g/mol. The zero-order chi connectivity index (χ0) is 14.8. The van der Waals surface area contributed by atoms with Crippen LogP contribution in [0.1, 0.15) is 25.7 Å². The largest absolute Gasteiger partial charge is 0.398 e. The van der Waals surface area contributed by atoms with Gasteiger partial charge in [-0.2, -0.15) is 0 Å². The maximum atomic E-state index is 12.1. The summed E-state index contributed by atoms with van der Waals surface area (Å²) in [6.07, 6.45) is 6.80. The second-order valence-electron chi connectivity index (χ2n) is 5.68. The van der Waals surface area contributed by atoms with Gasteiger partial charge in [-0.25, -0.2) is 0 Å². The Morgan fingerprint density at radius 3 is 2.75 bits per heavy atom. The van der Waals surface area contributed by atoms with Gasteiger partial charge >= 0.3 is 20.5 Å². The number of hydrogen-bond donors (Lipinski definition) is 0. The highest BCUT2D eigenvalue weighted by molar-refractivity contribution is 6.65. The molecule has 2 aliphatic rings. The van der Waals surface area contributed by atoms with Crippen molar-refractivity contribution in [3.8, 4) is 0 Å². The summed E-state index contributed by atoms with van der Waals surface area (Å²) in [6, 6.07) is 0.795. The molecule has 1 aliphatic carbocycles. The molecule has 0 aromatic rings. The highest BCUT2D eigenvalue weighted by Gasteiger charge is 2.56. The van der Waals surface area contributed by atoms with Crippen molar-refractivity contribution in [2.75, 3.05) is 14.2 Å². The summed E-state index contributed by atoms with van der Waals surface area (Å²) in [6.45, 7) is 2.00. The molecule has 0 N–H and O–H groups in total. The normalized spacial score (nSPS) is 29.4. The third kappa shape index (κ3) is 2.59. The zero-order valence-electron chi connectivity index (χ0n) is 12.3. The first-order valence-electron chi connectivity index (χ1n) is 7.01. The number of fused-ring (bicyclic) bond motifs is 1. The summed E-state index contributed by atoms with van der Waals surface area (Å²) >= 11 is 0. The first kappa shape index (κ1) is 15.4. The number of allylic oxidation sites excluding steroid dienone is 1. The van der Waals surface area contributed by atoms with E-state index in [0.29, 0.717) is 12.8 Å².